The summed E-state index contributed by atoms with van der Waals surface area (Å²) in [7, 11) is 0. The van der Waals surface area contributed by atoms with Crippen LogP contribution in [0.25, 0.3) is 0 Å². The summed E-state index contributed by atoms with van der Waals surface area (Å²) >= 11 is 0. The fourth-order valence-corrected chi connectivity index (χ4v) is 9.97. The number of aliphatic hydroxyl groups is 1. The Morgan fingerprint density at radius 3 is 0.912 bits per heavy atom. The number of esters is 3. The topological polar surface area (TPSA) is 108 Å². The lowest BCUT2D eigenvalue weighted by Crippen LogP contribution is -2.46. The lowest BCUT2D eigenvalue weighted by molar-refractivity contribution is -0.175. The van der Waals surface area contributed by atoms with E-state index in [1.807, 2.05) is 0 Å². The normalized spacial score (nSPS) is 16.3. The molecule has 68 heavy (non-hydrogen) atoms. The van der Waals surface area contributed by atoms with Crippen LogP contribution >= 0.6 is 0 Å². The molecular formula is C60H114O8. The predicted molar refractivity (Wildman–Crippen MR) is 285 cm³/mol. The van der Waals surface area contributed by atoms with Crippen molar-refractivity contribution in [1.29, 1.82) is 0 Å². The van der Waals surface area contributed by atoms with Crippen LogP contribution in [0.4, 0.5) is 0 Å². The first-order valence-corrected chi connectivity index (χ1v) is 30.3. The van der Waals surface area contributed by atoms with Crippen molar-refractivity contribution >= 4 is 17.9 Å². The van der Waals surface area contributed by atoms with Gasteiger partial charge in [0.1, 0.15) is 6.10 Å². The van der Waals surface area contributed by atoms with Crippen LogP contribution in [0.3, 0.4) is 0 Å². The first-order valence-electron chi connectivity index (χ1n) is 30.3. The van der Waals surface area contributed by atoms with E-state index in [0.717, 1.165) is 57.8 Å². The molecule has 0 unspecified atom stereocenters. The summed E-state index contributed by atoms with van der Waals surface area (Å²) in [4.78, 5) is 39.3. The maximum Gasteiger partial charge on any atom is 0.306 e. The van der Waals surface area contributed by atoms with E-state index < -0.39 is 31.0 Å². The number of ether oxygens (including phenoxy) is 4. The van der Waals surface area contributed by atoms with Crippen LogP contribution in [0.1, 0.15) is 329 Å². The van der Waals surface area contributed by atoms with Gasteiger partial charge in [-0.25, -0.2) is 0 Å². The quantitative estimate of drug-likeness (QED) is 0.0365. The molecular weight excluding hydrogens is 849 g/mol. The Kier molecular flexibility index (Phi) is 47.6. The minimum absolute atomic E-state index is 0.0271. The van der Waals surface area contributed by atoms with E-state index in [2.05, 4.69) is 20.8 Å². The monoisotopic (exact) mass is 963 g/mol. The third-order valence-electron chi connectivity index (χ3n) is 14.5. The molecule has 8 nitrogen and oxygen atoms in total. The van der Waals surface area contributed by atoms with E-state index in [0.29, 0.717) is 6.42 Å². The molecule has 1 aliphatic rings. The standard InChI is InChI=1S/C60H114O8/c1-4-7-10-13-16-19-22-25-28-31-34-37-40-43-46-49-56(62)66-54(52-61)59-60(68-58(64)51-48-45-42-39-36-33-30-27-24-21-18-15-12-9-6-3)55(53-65-59)67-57(63)50-47-44-41-38-35-32-29-26-23-20-17-14-11-8-5-2/h54-55,59-61H,4-53H2,1-3H3/t54-,55+,59-,60-/m1/s1. The van der Waals surface area contributed by atoms with Crippen LogP contribution in [0.5, 0.6) is 0 Å². The van der Waals surface area contributed by atoms with Crippen molar-refractivity contribution in [3.8, 4) is 0 Å². The highest BCUT2D eigenvalue weighted by atomic mass is 16.6. The van der Waals surface area contributed by atoms with E-state index in [1.54, 1.807) is 0 Å². The van der Waals surface area contributed by atoms with E-state index in [9.17, 15) is 19.5 Å². The fraction of sp³-hybridized carbons (Fsp3) is 0.950. The van der Waals surface area contributed by atoms with Crippen LogP contribution in [0.2, 0.25) is 0 Å². The first kappa shape index (κ1) is 64.3. The van der Waals surface area contributed by atoms with Crippen LogP contribution in [-0.2, 0) is 33.3 Å². The summed E-state index contributed by atoms with van der Waals surface area (Å²) < 4.78 is 23.7. The van der Waals surface area contributed by atoms with Gasteiger partial charge >= 0.3 is 17.9 Å². The van der Waals surface area contributed by atoms with Gasteiger partial charge in [-0.1, -0.05) is 290 Å². The zero-order chi connectivity index (χ0) is 49.2. The summed E-state index contributed by atoms with van der Waals surface area (Å²) in [5, 5.41) is 10.4. The Morgan fingerprint density at radius 2 is 0.632 bits per heavy atom. The van der Waals surface area contributed by atoms with Gasteiger partial charge in [-0.2, -0.15) is 0 Å². The van der Waals surface area contributed by atoms with Crippen molar-refractivity contribution in [2.75, 3.05) is 13.2 Å². The van der Waals surface area contributed by atoms with Gasteiger partial charge in [0, 0.05) is 19.3 Å². The number of hydrogen-bond acceptors (Lipinski definition) is 8. The smallest absolute Gasteiger partial charge is 0.306 e. The number of carbonyl (C=O) groups excluding carboxylic acids is 3. The highest BCUT2D eigenvalue weighted by molar-refractivity contribution is 5.71. The van der Waals surface area contributed by atoms with Crippen LogP contribution in [0, 0.1) is 0 Å². The molecule has 1 aliphatic heterocycles. The molecule has 0 bridgehead atoms. The summed E-state index contributed by atoms with van der Waals surface area (Å²) in [6, 6.07) is 0. The predicted octanol–water partition coefficient (Wildman–Crippen LogP) is 17.9. The van der Waals surface area contributed by atoms with Crippen molar-refractivity contribution in [2.24, 2.45) is 0 Å². The van der Waals surface area contributed by atoms with Gasteiger partial charge < -0.3 is 24.1 Å². The van der Waals surface area contributed by atoms with E-state index in [4.69, 9.17) is 18.9 Å². The maximum absolute atomic E-state index is 13.3. The molecule has 0 amide bonds. The van der Waals surface area contributed by atoms with E-state index >= 15 is 0 Å². The third-order valence-corrected chi connectivity index (χ3v) is 14.5. The second-order valence-corrected chi connectivity index (χ2v) is 21.1. The molecule has 402 valence electrons. The lowest BCUT2D eigenvalue weighted by atomic mass is 10.0. The second kappa shape index (κ2) is 50.3. The van der Waals surface area contributed by atoms with Gasteiger partial charge in [-0.15, -0.1) is 0 Å². The highest BCUT2D eigenvalue weighted by Gasteiger charge is 2.47. The Labute approximate surface area is 421 Å². The van der Waals surface area contributed by atoms with Gasteiger partial charge in [0.05, 0.1) is 13.2 Å². The molecule has 8 heteroatoms. The van der Waals surface area contributed by atoms with Crippen molar-refractivity contribution in [3.05, 3.63) is 0 Å². The molecule has 1 fully saturated rings. The lowest BCUT2D eigenvalue weighted by Gasteiger charge is -2.28. The van der Waals surface area contributed by atoms with E-state index in [-0.39, 0.29) is 37.4 Å². The SMILES string of the molecule is CCCCCCCCCCCCCCCCCC(=O)O[C@H]1[C@@H]([C@@H](CO)OC(=O)CCCCCCCCCCCCCCCCC)OC[C@@H]1OC(=O)CCCCCCCCCCCCCCCCC. The van der Waals surface area contributed by atoms with Crippen LogP contribution in [0.15, 0.2) is 0 Å². The Hall–Kier alpha value is -1.67. The largest absolute Gasteiger partial charge is 0.457 e. The Bertz CT molecular complexity index is 1100. The molecule has 4 atom stereocenters. The van der Waals surface area contributed by atoms with Gasteiger partial charge in [-0.05, 0) is 19.3 Å². The average molecular weight is 964 g/mol. The second-order valence-electron chi connectivity index (χ2n) is 21.1. The number of rotatable bonds is 53. The molecule has 1 heterocycles. The van der Waals surface area contributed by atoms with Gasteiger partial charge in [0.25, 0.3) is 0 Å². The van der Waals surface area contributed by atoms with Gasteiger partial charge in [0.2, 0.25) is 0 Å². The number of hydrogen-bond donors (Lipinski definition) is 1. The number of aliphatic hydroxyl groups excluding tert-OH is 1. The number of unbranched alkanes of at least 4 members (excludes halogenated alkanes) is 42. The number of carbonyl (C=O) groups is 3. The summed E-state index contributed by atoms with van der Waals surface area (Å²) in [5.74, 6) is -1.09. The minimum atomic E-state index is -1.01. The molecule has 0 spiro atoms. The summed E-state index contributed by atoms with van der Waals surface area (Å²) in [6.45, 7) is 6.37. The third kappa shape index (κ3) is 40.0. The molecule has 0 aliphatic carbocycles. The van der Waals surface area contributed by atoms with Crippen molar-refractivity contribution in [3.63, 3.8) is 0 Å². The molecule has 0 saturated carbocycles. The minimum Gasteiger partial charge on any atom is -0.457 e. The average Bonchev–Trinajstić information content (AvgIpc) is 3.72. The molecule has 0 aromatic carbocycles. The molecule has 1 rings (SSSR count). The van der Waals surface area contributed by atoms with Crippen LogP contribution in [-0.4, -0.2) is 60.6 Å². The van der Waals surface area contributed by atoms with Crippen molar-refractivity contribution in [2.45, 2.75) is 353 Å². The highest BCUT2D eigenvalue weighted by Crippen LogP contribution is 2.27. The van der Waals surface area contributed by atoms with Crippen LogP contribution < -0.4 is 0 Å². The van der Waals surface area contributed by atoms with Gasteiger partial charge in [-0.3, -0.25) is 14.4 Å². The summed E-state index contributed by atoms with van der Waals surface area (Å²) in [6.07, 6.45) is 53.6. The zero-order valence-corrected chi connectivity index (χ0v) is 45.5. The van der Waals surface area contributed by atoms with Crippen molar-refractivity contribution in [1.82, 2.24) is 0 Å². The molecule has 1 N–H and O–H groups in total. The fourth-order valence-electron chi connectivity index (χ4n) is 9.97. The maximum atomic E-state index is 13.3. The Balaban J connectivity index is 2.46. The zero-order valence-electron chi connectivity index (χ0n) is 45.5. The van der Waals surface area contributed by atoms with E-state index in [1.165, 1.54) is 231 Å². The molecule has 0 aromatic rings. The Morgan fingerprint density at radius 1 is 0.382 bits per heavy atom. The summed E-state index contributed by atoms with van der Waals surface area (Å²) in [5.41, 5.74) is 0. The molecule has 1 saturated heterocycles. The van der Waals surface area contributed by atoms with Crippen molar-refractivity contribution < 1.29 is 38.4 Å². The first-order chi connectivity index (χ1) is 33.5. The molecule has 0 aromatic heterocycles. The van der Waals surface area contributed by atoms with Gasteiger partial charge in [0.15, 0.2) is 18.3 Å². The molecule has 0 radical (unpaired) electrons.